The van der Waals surface area contributed by atoms with Gasteiger partial charge in [0.25, 0.3) is 0 Å². The van der Waals surface area contributed by atoms with Crippen LogP contribution in [0.15, 0.2) is 36.4 Å². The Balaban J connectivity index is 2.63. The van der Waals surface area contributed by atoms with E-state index >= 15 is 0 Å². The van der Waals surface area contributed by atoms with Gasteiger partial charge in [-0.15, -0.1) is 0 Å². The second-order valence-electron chi connectivity index (χ2n) is 3.53. The summed E-state index contributed by atoms with van der Waals surface area (Å²) in [6.45, 7) is 0. The Kier molecular flexibility index (Phi) is 2.66. The van der Waals surface area contributed by atoms with Crippen LogP contribution in [-0.2, 0) is 0 Å². The maximum atomic E-state index is 11.0. The van der Waals surface area contributed by atoms with Crippen LogP contribution in [0.2, 0.25) is 0 Å². The normalized spacial score (nSPS) is 10.1. The van der Waals surface area contributed by atoms with Gasteiger partial charge in [-0.3, -0.25) is 0 Å². The third kappa shape index (κ3) is 2.03. The van der Waals surface area contributed by atoms with Crippen molar-refractivity contribution in [1.82, 2.24) is 4.98 Å². The van der Waals surface area contributed by atoms with E-state index < -0.39 is 5.97 Å². The maximum Gasteiger partial charge on any atom is 0.339 e. The fraction of sp³-hybridized carbons (Fsp3) is 0. The number of carboxylic acid groups (broad SMARTS) is 1. The topological polar surface area (TPSA) is 102 Å². The van der Waals surface area contributed by atoms with Crippen LogP contribution < -0.4 is 11.5 Å². The van der Waals surface area contributed by atoms with Crippen LogP contribution in [0.25, 0.3) is 11.1 Å². The molecule has 17 heavy (non-hydrogen) atoms. The number of anilines is 2. The maximum absolute atomic E-state index is 11.0. The average molecular weight is 229 g/mol. The number of hydrogen-bond donors (Lipinski definition) is 3. The molecule has 0 aliphatic rings. The molecule has 0 aliphatic carbocycles. The fourth-order valence-corrected chi connectivity index (χ4v) is 1.56. The van der Waals surface area contributed by atoms with Gasteiger partial charge >= 0.3 is 5.97 Å². The highest BCUT2D eigenvalue weighted by atomic mass is 16.4. The zero-order valence-electron chi connectivity index (χ0n) is 8.92. The third-order valence-corrected chi connectivity index (χ3v) is 2.40. The molecule has 2 aromatic rings. The molecule has 2 rings (SSSR count). The highest BCUT2D eigenvalue weighted by Gasteiger charge is 2.14. The molecule has 0 atom stereocenters. The second-order valence-corrected chi connectivity index (χ2v) is 3.53. The van der Waals surface area contributed by atoms with Gasteiger partial charge in [0.1, 0.15) is 17.2 Å². The minimum absolute atomic E-state index is 0.0435. The van der Waals surface area contributed by atoms with Crippen LogP contribution in [0.5, 0.6) is 0 Å². The second kappa shape index (κ2) is 4.13. The van der Waals surface area contributed by atoms with Gasteiger partial charge in [0.05, 0.1) is 0 Å². The number of benzene rings is 1. The number of hydrogen-bond acceptors (Lipinski definition) is 4. The van der Waals surface area contributed by atoms with E-state index in [0.29, 0.717) is 5.56 Å². The molecule has 0 fully saturated rings. The van der Waals surface area contributed by atoms with Gasteiger partial charge < -0.3 is 16.6 Å². The summed E-state index contributed by atoms with van der Waals surface area (Å²) in [5.41, 5.74) is 12.6. The lowest BCUT2D eigenvalue weighted by atomic mass is 10.0. The summed E-state index contributed by atoms with van der Waals surface area (Å²) in [4.78, 5) is 14.8. The van der Waals surface area contributed by atoms with Crippen LogP contribution in [0.1, 0.15) is 10.4 Å². The van der Waals surface area contributed by atoms with Crippen molar-refractivity contribution in [2.24, 2.45) is 0 Å². The molecular formula is C12H11N3O2. The van der Waals surface area contributed by atoms with E-state index in [1.807, 2.05) is 30.3 Å². The zero-order valence-corrected chi connectivity index (χ0v) is 8.92. The molecule has 0 amide bonds. The van der Waals surface area contributed by atoms with E-state index in [-0.39, 0.29) is 17.2 Å². The number of nitrogens with two attached hydrogens (primary N) is 2. The minimum Gasteiger partial charge on any atom is -0.478 e. The number of nitrogen functional groups attached to an aromatic ring is 2. The molecule has 5 heteroatoms. The van der Waals surface area contributed by atoms with E-state index in [0.717, 1.165) is 5.56 Å². The number of aromatic nitrogens is 1. The van der Waals surface area contributed by atoms with Crippen molar-refractivity contribution in [3.63, 3.8) is 0 Å². The van der Waals surface area contributed by atoms with Crippen molar-refractivity contribution >= 4 is 17.6 Å². The molecule has 5 N–H and O–H groups in total. The molecule has 0 spiro atoms. The van der Waals surface area contributed by atoms with E-state index in [9.17, 15) is 4.79 Å². The summed E-state index contributed by atoms with van der Waals surface area (Å²) in [5.74, 6) is -0.972. The molecule has 0 radical (unpaired) electrons. The summed E-state index contributed by atoms with van der Waals surface area (Å²) < 4.78 is 0. The van der Waals surface area contributed by atoms with Crippen molar-refractivity contribution in [1.29, 1.82) is 0 Å². The van der Waals surface area contributed by atoms with Gasteiger partial charge in [-0.2, -0.15) is 0 Å². The Hall–Kier alpha value is -2.56. The zero-order chi connectivity index (χ0) is 12.4. The monoisotopic (exact) mass is 229 g/mol. The minimum atomic E-state index is -1.12. The summed E-state index contributed by atoms with van der Waals surface area (Å²) in [5, 5.41) is 8.97. The summed E-state index contributed by atoms with van der Waals surface area (Å²) >= 11 is 0. The largest absolute Gasteiger partial charge is 0.478 e. The number of carbonyl (C=O) groups is 1. The van der Waals surface area contributed by atoms with E-state index in [4.69, 9.17) is 16.6 Å². The number of pyridine rings is 1. The number of rotatable bonds is 2. The molecule has 0 saturated carbocycles. The first kappa shape index (κ1) is 10.9. The van der Waals surface area contributed by atoms with Gasteiger partial charge in [-0.1, -0.05) is 30.3 Å². The third-order valence-electron chi connectivity index (χ3n) is 2.40. The number of nitrogens with zero attached hydrogens (tertiary/aromatic N) is 1. The van der Waals surface area contributed by atoms with E-state index in [1.165, 1.54) is 6.07 Å². The van der Waals surface area contributed by atoms with Gasteiger partial charge in [-0.05, 0) is 11.6 Å². The van der Waals surface area contributed by atoms with Gasteiger partial charge in [-0.25, -0.2) is 9.78 Å². The summed E-state index contributed by atoms with van der Waals surface area (Å²) in [6, 6.07) is 10.6. The first-order valence-corrected chi connectivity index (χ1v) is 4.94. The fourth-order valence-electron chi connectivity index (χ4n) is 1.56. The van der Waals surface area contributed by atoms with Crippen LogP contribution >= 0.6 is 0 Å². The van der Waals surface area contributed by atoms with Crippen LogP contribution in [0, 0.1) is 0 Å². The smallest absolute Gasteiger partial charge is 0.339 e. The quantitative estimate of drug-likeness (QED) is 0.726. The first-order chi connectivity index (χ1) is 8.09. The first-order valence-electron chi connectivity index (χ1n) is 4.94. The van der Waals surface area contributed by atoms with Gasteiger partial charge in [0.2, 0.25) is 0 Å². The summed E-state index contributed by atoms with van der Waals surface area (Å²) in [7, 11) is 0. The van der Waals surface area contributed by atoms with E-state index in [1.54, 1.807) is 0 Å². The molecule has 5 nitrogen and oxygen atoms in total. The standard InChI is InChI=1S/C12H11N3O2/c13-10-8(7-4-2-1-3-5-7)6-9(12(16)17)11(14)15-10/h1-6H,(H,16,17)(H4,13,14,15). The lowest BCUT2D eigenvalue weighted by molar-refractivity contribution is 0.0698. The molecule has 0 unspecified atom stereocenters. The van der Waals surface area contributed by atoms with E-state index in [2.05, 4.69) is 4.98 Å². The van der Waals surface area contributed by atoms with Gasteiger partial charge in [0.15, 0.2) is 0 Å². The predicted octanol–water partition coefficient (Wildman–Crippen LogP) is 1.61. The van der Waals surface area contributed by atoms with Crippen LogP contribution in [0.3, 0.4) is 0 Å². The Morgan fingerprint density at radius 2 is 1.76 bits per heavy atom. The van der Waals surface area contributed by atoms with Gasteiger partial charge in [0, 0.05) is 5.56 Å². The van der Waals surface area contributed by atoms with Crippen molar-refractivity contribution in [3.8, 4) is 11.1 Å². The lowest BCUT2D eigenvalue weighted by Crippen LogP contribution is -2.07. The molecule has 1 aromatic heterocycles. The highest BCUT2D eigenvalue weighted by molar-refractivity contribution is 5.95. The summed E-state index contributed by atoms with van der Waals surface area (Å²) in [6.07, 6.45) is 0. The predicted molar refractivity (Wildman–Crippen MR) is 65.5 cm³/mol. The van der Waals surface area contributed by atoms with Crippen molar-refractivity contribution in [3.05, 3.63) is 42.0 Å². The Labute approximate surface area is 97.7 Å². The average Bonchev–Trinajstić information content (AvgIpc) is 2.29. The van der Waals surface area contributed by atoms with Crippen LogP contribution in [-0.4, -0.2) is 16.1 Å². The molecule has 1 heterocycles. The Morgan fingerprint density at radius 1 is 1.12 bits per heavy atom. The number of carboxylic acids is 1. The van der Waals surface area contributed by atoms with Crippen molar-refractivity contribution in [2.75, 3.05) is 11.5 Å². The molecule has 1 aromatic carbocycles. The lowest BCUT2D eigenvalue weighted by Gasteiger charge is -2.08. The Bertz CT molecular complexity index is 567. The molecule has 86 valence electrons. The SMILES string of the molecule is Nc1nc(N)c(-c2ccccc2)cc1C(=O)O. The molecule has 0 saturated heterocycles. The van der Waals surface area contributed by atoms with Crippen molar-refractivity contribution < 1.29 is 9.90 Å². The highest BCUT2D eigenvalue weighted by Crippen LogP contribution is 2.27. The number of aromatic carboxylic acids is 1. The van der Waals surface area contributed by atoms with Crippen molar-refractivity contribution in [2.45, 2.75) is 0 Å². The molecule has 0 bridgehead atoms. The molecular weight excluding hydrogens is 218 g/mol. The van der Waals surface area contributed by atoms with Crippen LogP contribution in [0.4, 0.5) is 11.6 Å². The molecule has 0 aliphatic heterocycles. The Morgan fingerprint density at radius 3 is 2.35 bits per heavy atom.